The summed E-state index contributed by atoms with van der Waals surface area (Å²) in [4.78, 5) is 26.4. The lowest BCUT2D eigenvalue weighted by Gasteiger charge is -1.98. The fourth-order valence-corrected chi connectivity index (χ4v) is 2.83. The van der Waals surface area contributed by atoms with Crippen molar-refractivity contribution in [3.05, 3.63) is 66.1 Å². The number of hydrogen-bond donors (Lipinski definition) is 1. The minimum Gasteiger partial charge on any atom is -0.288 e. The zero-order valence-corrected chi connectivity index (χ0v) is 12.7. The molecular weight excluding hydrogens is 374 g/mol. The lowest BCUT2D eigenvalue weighted by Crippen LogP contribution is -2.13. The molecule has 0 aliphatic carbocycles. The number of benzene rings is 2. The molecular formula is C14H7Br2NO2. The number of fused-ring (bicyclic) bond motifs is 3. The van der Waals surface area contributed by atoms with Crippen LogP contribution in [0.15, 0.2) is 54.9 Å². The first-order chi connectivity index (χ1) is 9.06. The van der Waals surface area contributed by atoms with E-state index in [0.29, 0.717) is 10.8 Å². The van der Waals surface area contributed by atoms with Crippen molar-refractivity contribution >= 4 is 53.4 Å². The van der Waals surface area contributed by atoms with Crippen LogP contribution in [0.4, 0.5) is 0 Å². The largest absolute Gasteiger partial charge is 0.288 e. The van der Waals surface area contributed by atoms with E-state index < -0.39 is 0 Å². The summed E-state index contributed by atoms with van der Waals surface area (Å²) in [6.45, 7) is 0. The average molecular weight is 381 g/mol. The van der Waals surface area contributed by atoms with Crippen molar-refractivity contribution in [1.29, 1.82) is 0 Å². The number of aromatic amines is 1. The van der Waals surface area contributed by atoms with E-state index in [1.807, 2.05) is 12.1 Å². The smallest absolute Gasteiger partial charge is 0.258 e. The van der Waals surface area contributed by atoms with Crippen LogP contribution in [0.2, 0.25) is 0 Å². The van der Waals surface area contributed by atoms with Crippen molar-refractivity contribution in [3.63, 3.8) is 0 Å². The van der Waals surface area contributed by atoms with Crippen LogP contribution in [-0.2, 0) is 0 Å². The Labute approximate surface area is 124 Å². The summed E-state index contributed by atoms with van der Waals surface area (Å²) < 4.78 is 1.72. The van der Waals surface area contributed by atoms with Crippen molar-refractivity contribution in [1.82, 2.24) is 4.98 Å². The van der Waals surface area contributed by atoms with Gasteiger partial charge in [0.1, 0.15) is 0 Å². The van der Waals surface area contributed by atoms with E-state index in [9.17, 15) is 9.59 Å². The molecule has 0 aliphatic rings. The fourth-order valence-electron chi connectivity index (χ4n) is 2.11. The molecule has 0 saturated heterocycles. The van der Waals surface area contributed by atoms with Gasteiger partial charge in [-0.15, -0.1) is 0 Å². The number of rotatable bonds is 0. The summed E-state index contributed by atoms with van der Waals surface area (Å²) in [5.74, 6) is 0. The maximum atomic E-state index is 12.0. The molecule has 94 valence electrons. The van der Waals surface area contributed by atoms with Crippen LogP contribution >= 0.6 is 31.9 Å². The predicted molar refractivity (Wildman–Crippen MR) is 83.7 cm³/mol. The van der Waals surface area contributed by atoms with Gasteiger partial charge in [0.2, 0.25) is 0 Å². The maximum Gasteiger partial charge on any atom is 0.258 e. The Balaban J connectivity index is 2.78. The quantitative estimate of drug-likeness (QED) is 0.648. The first kappa shape index (κ1) is 12.6. The second-order valence-corrected chi connectivity index (χ2v) is 5.99. The van der Waals surface area contributed by atoms with E-state index in [1.54, 1.807) is 24.3 Å². The van der Waals surface area contributed by atoms with Gasteiger partial charge in [0, 0.05) is 19.7 Å². The Morgan fingerprint density at radius 3 is 1.53 bits per heavy atom. The van der Waals surface area contributed by atoms with Crippen LogP contribution in [0, 0.1) is 0 Å². The van der Waals surface area contributed by atoms with Crippen LogP contribution in [0.5, 0.6) is 0 Å². The minimum atomic E-state index is -0.375. The lowest BCUT2D eigenvalue weighted by molar-refractivity contribution is 1.23. The summed E-state index contributed by atoms with van der Waals surface area (Å²) >= 11 is 6.79. The summed E-state index contributed by atoms with van der Waals surface area (Å²) in [7, 11) is 0. The Bertz CT molecular complexity index is 856. The Morgan fingerprint density at radius 2 is 1.11 bits per heavy atom. The molecule has 3 rings (SSSR count). The van der Waals surface area contributed by atoms with Crippen LogP contribution < -0.4 is 11.1 Å². The highest BCUT2D eigenvalue weighted by molar-refractivity contribution is 9.10. The molecule has 3 aromatic rings. The van der Waals surface area contributed by atoms with Crippen LogP contribution in [-0.4, -0.2) is 4.98 Å². The van der Waals surface area contributed by atoms with Crippen molar-refractivity contribution in [2.75, 3.05) is 0 Å². The molecule has 0 atom stereocenters. The van der Waals surface area contributed by atoms with Crippen molar-refractivity contribution < 1.29 is 0 Å². The zero-order valence-electron chi connectivity index (χ0n) is 9.54. The molecule has 0 spiro atoms. The number of aromatic nitrogens is 1. The first-order valence-corrected chi connectivity index (χ1v) is 7.10. The molecule has 0 aliphatic heterocycles. The van der Waals surface area contributed by atoms with Gasteiger partial charge < -0.3 is 0 Å². The van der Waals surface area contributed by atoms with Crippen molar-refractivity contribution in [2.45, 2.75) is 0 Å². The molecule has 0 fully saturated rings. The normalized spacial score (nSPS) is 11.1. The molecule has 0 amide bonds. The van der Waals surface area contributed by atoms with Gasteiger partial charge in [0.15, 0.2) is 0 Å². The highest BCUT2D eigenvalue weighted by Gasteiger charge is 2.06. The number of H-pyrrole nitrogens is 1. The van der Waals surface area contributed by atoms with Gasteiger partial charge >= 0.3 is 0 Å². The van der Waals surface area contributed by atoms with E-state index in [1.165, 1.54) is 0 Å². The van der Waals surface area contributed by atoms with Crippen molar-refractivity contribution in [3.8, 4) is 0 Å². The van der Waals surface area contributed by atoms with E-state index in [4.69, 9.17) is 0 Å². The predicted octanol–water partition coefficient (Wildman–Crippen LogP) is 3.57. The maximum absolute atomic E-state index is 12.0. The Kier molecular flexibility index (Phi) is 3.03. The van der Waals surface area contributed by atoms with E-state index in [-0.39, 0.29) is 11.1 Å². The van der Waals surface area contributed by atoms with Crippen LogP contribution in [0.25, 0.3) is 21.5 Å². The number of halogens is 2. The molecule has 0 saturated carbocycles. The summed E-state index contributed by atoms with van der Waals surface area (Å²) in [6, 6.07) is 10.7. The lowest BCUT2D eigenvalue weighted by atomic mass is 10.1. The van der Waals surface area contributed by atoms with E-state index >= 15 is 0 Å². The average Bonchev–Trinajstić information content (AvgIpc) is 2.46. The zero-order chi connectivity index (χ0) is 13.6. The van der Waals surface area contributed by atoms with Crippen LogP contribution in [0.1, 0.15) is 0 Å². The molecule has 1 heterocycles. The first-order valence-electron chi connectivity index (χ1n) is 5.51. The topological polar surface area (TPSA) is 49.9 Å². The van der Waals surface area contributed by atoms with Gasteiger partial charge in [0.05, 0.1) is 0 Å². The van der Waals surface area contributed by atoms with Gasteiger partial charge in [-0.3, -0.25) is 14.6 Å². The number of nitrogens with one attached hydrogen (secondary N) is 1. The van der Waals surface area contributed by atoms with E-state index in [2.05, 4.69) is 36.8 Å². The fraction of sp³-hybridized carbons (Fsp3) is 0. The molecule has 3 nitrogen and oxygen atoms in total. The van der Waals surface area contributed by atoms with Gasteiger partial charge in [-0.05, 0) is 47.2 Å². The van der Waals surface area contributed by atoms with Gasteiger partial charge in [-0.1, -0.05) is 31.9 Å². The molecule has 0 bridgehead atoms. The summed E-state index contributed by atoms with van der Waals surface area (Å²) in [6.07, 6.45) is 0. The number of hydrogen-bond acceptors (Lipinski definition) is 2. The highest BCUT2D eigenvalue weighted by atomic mass is 79.9. The third kappa shape index (κ3) is 2.13. The monoisotopic (exact) mass is 379 g/mol. The highest BCUT2D eigenvalue weighted by Crippen LogP contribution is 2.25. The molecule has 0 unspecified atom stereocenters. The second-order valence-electron chi connectivity index (χ2n) is 4.16. The van der Waals surface area contributed by atoms with Crippen molar-refractivity contribution in [2.24, 2.45) is 0 Å². The van der Waals surface area contributed by atoms with E-state index in [0.717, 1.165) is 19.7 Å². The minimum absolute atomic E-state index is 0.375. The van der Waals surface area contributed by atoms with Gasteiger partial charge in [0.25, 0.3) is 11.1 Å². The Morgan fingerprint density at radius 1 is 0.684 bits per heavy atom. The molecule has 0 radical (unpaired) electrons. The van der Waals surface area contributed by atoms with Crippen LogP contribution in [0.3, 0.4) is 0 Å². The Hall–Kier alpha value is -1.46. The van der Waals surface area contributed by atoms with Gasteiger partial charge in [-0.25, -0.2) is 0 Å². The SMILES string of the molecule is O=c1[nH]c(=O)c2ccc(Br)cc2c2cc(Br)ccc12. The molecule has 2 aromatic carbocycles. The molecule has 19 heavy (non-hydrogen) atoms. The standard InChI is InChI=1S/C14H7Br2NO2/c15-7-1-3-9-11(5-7)12-6-8(16)2-4-10(12)14(19)17-13(9)18/h1-6H,(H,17,18,19). The molecule has 5 heteroatoms. The third-order valence-corrected chi connectivity index (χ3v) is 3.96. The summed E-state index contributed by atoms with van der Waals surface area (Å²) in [5.41, 5.74) is -0.750. The molecule has 1 aromatic heterocycles. The molecule has 1 N–H and O–H groups in total. The summed E-state index contributed by atoms with van der Waals surface area (Å²) in [5, 5.41) is 2.48. The second kappa shape index (κ2) is 4.58. The third-order valence-electron chi connectivity index (χ3n) is 2.97. The van der Waals surface area contributed by atoms with Gasteiger partial charge in [-0.2, -0.15) is 0 Å².